The van der Waals surface area contributed by atoms with Gasteiger partial charge in [-0.25, -0.2) is 4.98 Å². The van der Waals surface area contributed by atoms with Crippen LogP contribution in [0.3, 0.4) is 0 Å². The number of hydrogen-bond acceptors (Lipinski definition) is 5. The molecular formula is C11H12N4O. The van der Waals surface area contributed by atoms with Gasteiger partial charge in [0.05, 0.1) is 11.6 Å². The molecule has 0 spiro atoms. The first-order valence-electron chi connectivity index (χ1n) is 5.35. The minimum atomic E-state index is -0.268. The summed E-state index contributed by atoms with van der Waals surface area (Å²) in [7, 11) is 0. The number of hydrogen-bond donors (Lipinski definition) is 1. The fraction of sp³-hybridized carbons (Fsp3) is 0.364. The topological polar surface area (TPSA) is 62.1 Å². The zero-order valence-electron chi connectivity index (χ0n) is 8.74. The van der Waals surface area contributed by atoms with Crippen LogP contribution in [0, 0.1) is 0 Å². The van der Waals surface area contributed by atoms with Crippen LogP contribution in [-0.2, 0) is 0 Å². The Kier molecular flexibility index (Phi) is 2.18. The van der Waals surface area contributed by atoms with Crippen molar-refractivity contribution in [3.8, 4) is 0 Å². The monoisotopic (exact) mass is 216 g/mol. The third-order valence-corrected chi connectivity index (χ3v) is 2.80. The number of β-amino-alcohol motifs (C(OH)–C–C–N with tert-alkyl or cyclic N) is 1. The molecular weight excluding hydrogens is 204 g/mol. The van der Waals surface area contributed by atoms with E-state index in [0.29, 0.717) is 12.5 Å². The lowest BCUT2D eigenvalue weighted by Crippen LogP contribution is -2.23. The molecule has 0 aliphatic carbocycles. The minimum Gasteiger partial charge on any atom is -0.391 e. The first-order valence-corrected chi connectivity index (χ1v) is 5.35. The van der Waals surface area contributed by atoms with Crippen molar-refractivity contribution >= 4 is 17.0 Å². The second-order valence-electron chi connectivity index (χ2n) is 3.99. The molecule has 82 valence electrons. The van der Waals surface area contributed by atoms with E-state index in [2.05, 4.69) is 15.2 Å². The summed E-state index contributed by atoms with van der Waals surface area (Å²) >= 11 is 0. The number of anilines is 1. The molecule has 0 saturated carbocycles. The SMILES string of the molecule is O[C@@H]1CCN(c2nnc3ccccc3n2)C1. The maximum Gasteiger partial charge on any atom is 0.246 e. The number of aliphatic hydroxyl groups excluding tert-OH is 1. The fourth-order valence-electron chi connectivity index (χ4n) is 1.93. The van der Waals surface area contributed by atoms with Crippen LogP contribution in [0.5, 0.6) is 0 Å². The van der Waals surface area contributed by atoms with Crippen molar-refractivity contribution in [1.29, 1.82) is 0 Å². The lowest BCUT2D eigenvalue weighted by atomic mass is 10.3. The summed E-state index contributed by atoms with van der Waals surface area (Å²) in [6, 6.07) is 7.65. The zero-order valence-corrected chi connectivity index (χ0v) is 8.74. The molecule has 1 atom stereocenters. The van der Waals surface area contributed by atoms with Gasteiger partial charge in [-0.3, -0.25) is 0 Å². The summed E-state index contributed by atoms with van der Waals surface area (Å²) in [6.45, 7) is 1.39. The summed E-state index contributed by atoms with van der Waals surface area (Å²) in [5, 5.41) is 17.6. The maximum atomic E-state index is 9.46. The number of para-hydroxylation sites is 1. The van der Waals surface area contributed by atoms with Crippen LogP contribution in [0.1, 0.15) is 6.42 Å². The van der Waals surface area contributed by atoms with E-state index in [0.717, 1.165) is 24.0 Å². The number of benzene rings is 1. The predicted octanol–water partition coefficient (Wildman–Crippen LogP) is 0.596. The van der Waals surface area contributed by atoms with E-state index in [1.165, 1.54) is 0 Å². The highest BCUT2D eigenvalue weighted by Crippen LogP contribution is 2.17. The zero-order chi connectivity index (χ0) is 11.0. The lowest BCUT2D eigenvalue weighted by Gasteiger charge is -2.14. The van der Waals surface area contributed by atoms with Crippen molar-refractivity contribution in [2.75, 3.05) is 18.0 Å². The van der Waals surface area contributed by atoms with Gasteiger partial charge in [-0.05, 0) is 18.6 Å². The first kappa shape index (κ1) is 9.47. The Morgan fingerprint density at radius 3 is 2.75 bits per heavy atom. The largest absolute Gasteiger partial charge is 0.391 e. The van der Waals surface area contributed by atoms with E-state index >= 15 is 0 Å². The third kappa shape index (κ3) is 1.59. The average molecular weight is 216 g/mol. The Morgan fingerprint density at radius 1 is 1.19 bits per heavy atom. The van der Waals surface area contributed by atoms with Gasteiger partial charge in [0.1, 0.15) is 5.52 Å². The normalized spacial score (nSPS) is 20.6. The summed E-state index contributed by atoms with van der Waals surface area (Å²) < 4.78 is 0. The van der Waals surface area contributed by atoms with Crippen LogP contribution < -0.4 is 4.90 Å². The van der Waals surface area contributed by atoms with Crippen LogP contribution >= 0.6 is 0 Å². The van der Waals surface area contributed by atoms with Crippen LogP contribution in [-0.4, -0.2) is 39.5 Å². The fourth-order valence-corrected chi connectivity index (χ4v) is 1.93. The highest BCUT2D eigenvalue weighted by molar-refractivity contribution is 5.74. The molecule has 2 heterocycles. The van der Waals surface area contributed by atoms with Crippen molar-refractivity contribution in [3.63, 3.8) is 0 Å². The van der Waals surface area contributed by atoms with Gasteiger partial charge < -0.3 is 10.0 Å². The van der Waals surface area contributed by atoms with Gasteiger partial charge >= 0.3 is 0 Å². The number of rotatable bonds is 1. The Balaban J connectivity index is 1.99. The number of aromatic nitrogens is 3. The minimum absolute atomic E-state index is 0.268. The Hall–Kier alpha value is -1.75. The standard InChI is InChI=1S/C11H12N4O/c16-8-5-6-15(7-8)11-12-9-3-1-2-4-10(9)13-14-11/h1-4,8,16H,5-7H2/t8-/m1/s1. The summed E-state index contributed by atoms with van der Waals surface area (Å²) in [6.07, 6.45) is 0.506. The molecule has 3 rings (SSSR count). The van der Waals surface area contributed by atoms with Crippen LogP contribution in [0.4, 0.5) is 5.95 Å². The molecule has 1 aliphatic rings. The van der Waals surface area contributed by atoms with Gasteiger partial charge in [-0.2, -0.15) is 0 Å². The van der Waals surface area contributed by atoms with Crippen LogP contribution in [0.25, 0.3) is 11.0 Å². The molecule has 0 radical (unpaired) electrons. The van der Waals surface area contributed by atoms with Gasteiger partial charge in [0.2, 0.25) is 5.95 Å². The number of aliphatic hydroxyl groups is 1. The Morgan fingerprint density at radius 2 is 2.00 bits per heavy atom. The second-order valence-corrected chi connectivity index (χ2v) is 3.99. The van der Waals surface area contributed by atoms with E-state index in [1.54, 1.807) is 0 Å². The van der Waals surface area contributed by atoms with E-state index in [4.69, 9.17) is 0 Å². The van der Waals surface area contributed by atoms with Gasteiger partial charge in [0, 0.05) is 13.1 Å². The van der Waals surface area contributed by atoms with Crippen molar-refractivity contribution in [2.45, 2.75) is 12.5 Å². The lowest BCUT2D eigenvalue weighted by molar-refractivity contribution is 0.198. The predicted molar refractivity (Wildman–Crippen MR) is 60.2 cm³/mol. The molecule has 5 nitrogen and oxygen atoms in total. The highest BCUT2D eigenvalue weighted by Gasteiger charge is 2.22. The molecule has 0 amide bonds. The number of nitrogens with zero attached hydrogens (tertiary/aromatic N) is 4. The van der Waals surface area contributed by atoms with E-state index in [1.807, 2.05) is 29.2 Å². The van der Waals surface area contributed by atoms with Gasteiger partial charge in [-0.15, -0.1) is 10.2 Å². The number of fused-ring (bicyclic) bond motifs is 1. The molecule has 1 aliphatic heterocycles. The van der Waals surface area contributed by atoms with Crippen LogP contribution in [0.2, 0.25) is 0 Å². The molecule has 2 aromatic rings. The van der Waals surface area contributed by atoms with Crippen molar-refractivity contribution in [2.24, 2.45) is 0 Å². The maximum absolute atomic E-state index is 9.46. The Labute approximate surface area is 92.7 Å². The molecule has 1 aromatic heterocycles. The smallest absolute Gasteiger partial charge is 0.246 e. The van der Waals surface area contributed by atoms with Gasteiger partial charge in [0.15, 0.2) is 0 Å². The summed E-state index contributed by atoms with van der Waals surface area (Å²) in [5.41, 5.74) is 1.64. The molecule has 0 unspecified atom stereocenters. The summed E-state index contributed by atoms with van der Waals surface area (Å²) in [5.74, 6) is 0.607. The molecule has 0 bridgehead atoms. The molecule has 1 N–H and O–H groups in total. The van der Waals surface area contributed by atoms with E-state index < -0.39 is 0 Å². The molecule has 1 fully saturated rings. The molecule has 5 heteroatoms. The third-order valence-electron chi connectivity index (χ3n) is 2.80. The second kappa shape index (κ2) is 3.68. The molecule has 16 heavy (non-hydrogen) atoms. The average Bonchev–Trinajstić information content (AvgIpc) is 2.75. The quantitative estimate of drug-likeness (QED) is 0.756. The van der Waals surface area contributed by atoms with Crippen molar-refractivity contribution < 1.29 is 5.11 Å². The van der Waals surface area contributed by atoms with Gasteiger partial charge in [0.25, 0.3) is 0 Å². The van der Waals surface area contributed by atoms with Crippen LogP contribution in [0.15, 0.2) is 24.3 Å². The first-order chi connectivity index (χ1) is 7.83. The van der Waals surface area contributed by atoms with E-state index in [9.17, 15) is 5.11 Å². The van der Waals surface area contributed by atoms with Gasteiger partial charge in [-0.1, -0.05) is 12.1 Å². The molecule has 1 saturated heterocycles. The highest BCUT2D eigenvalue weighted by atomic mass is 16.3. The summed E-state index contributed by atoms with van der Waals surface area (Å²) in [4.78, 5) is 6.40. The molecule has 1 aromatic carbocycles. The van der Waals surface area contributed by atoms with Crippen molar-refractivity contribution in [1.82, 2.24) is 15.2 Å². The van der Waals surface area contributed by atoms with E-state index in [-0.39, 0.29) is 6.10 Å². The Bertz CT molecular complexity index is 516. The van der Waals surface area contributed by atoms with Crippen molar-refractivity contribution in [3.05, 3.63) is 24.3 Å².